The maximum atomic E-state index is 11.9. The molecule has 1 amide bonds. The molecule has 3 rings (SSSR count). The molecule has 2 fully saturated rings. The van der Waals surface area contributed by atoms with Crippen molar-refractivity contribution >= 4 is 12.1 Å². The van der Waals surface area contributed by atoms with Gasteiger partial charge in [-0.3, -0.25) is 4.79 Å². The van der Waals surface area contributed by atoms with Crippen LogP contribution >= 0.6 is 0 Å². The van der Waals surface area contributed by atoms with Gasteiger partial charge in [-0.2, -0.15) is 0 Å². The second-order valence-corrected chi connectivity index (χ2v) is 11.0. The summed E-state index contributed by atoms with van der Waals surface area (Å²) in [5.41, 5.74) is 0.231. The Bertz CT molecular complexity index is 733. The fourth-order valence-electron chi connectivity index (χ4n) is 6.31. The standard InChI is InChI=1S/C27H46N2O5/c1-6-7-12-28-26(31)34-22-10-13-29(14-11-22)17-19(3)23-9-8-20(4)27(32)16-25(33-21(5)30)18(2)15-24(23)27/h15,19-20,22-25,32H,6-14,16-17H2,1-5H3,(H,28,31)/t19-,20-,23+,24-,25-,27-/m1/s1. The first-order chi connectivity index (χ1) is 16.1. The molecule has 0 radical (unpaired) electrons. The smallest absolute Gasteiger partial charge is 0.407 e. The van der Waals surface area contributed by atoms with Crippen molar-refractivity contribution in [3.05, 3.63) is 11.6 Å². The summed E-state index contributed by atoms with van der Waals surface area (Å²) in [6, 6.07) is 0. The van der Waals surface area contributed by atoms with Gasteiger partial charge in [0.2, 0.25) is 0 Å². The Hall–Kier alpha value is -1.60. The average Bonchev–Trinajstić information content (AvgIpc) is 2.77. The van der Waals surface area contributed by atoms with Gasteiger partial charge in [-0.05, 0) is 62.4 Å². The number of carbonyl (C=O) groups is 2. The summed E-state index contributed by atoms with van der Waals surface area (Å²) in [6.45, 7) is 13.5. The van der Waals surface area contributed by atoms with Crippen LogP contribution in [0, 0.1) is 23.7 Å². The number of piperidine rings is 1. The minimum absolute atomic E-state index is 0.00376. The van der Waals surface area contributed by atoms with Crippen LogP contribution in [0.25, 0.3) is 0 Å². The van der Waals surface area contributed by atoms with Gasteiger partial charge in [-0.1, -0.05) is 33.3 Å². The molecule has 3 aliphatic rings. The SMILES string of the molecule is CCCCNC(=O)OC1CCN(C[C@@H](C)[C@@H]2CC[C@@H](C)[C@]3(O)C[C@@H](OC(C)=O)C(C)=C[C@H]23)CC1. The van der Waals surface area contributed by atoms with E-state index in [1.807, 2.05) is 6.92 Å². The lowest BCUT2D eigenvalue weighted by atomic mass is 9.57. The normalized spacial score (nSPS) is 33.4. The highest BCUT2D eigenvalue weighted by Crippen LogP contribution is 2.51. The van der Waals surface area contributed by atoms with E-state index in [2.05, 4.69) is 37.1 Å². The number of unbranched alkanes of at least 4 members (excludes halogenated alkanes) is 1. The predicted octanol–water partition coefficient (Wildman–Crippen LogP) is 4.29. The number of carbonyl (C=O) groups excluding carboxylic acids is 2. The molecular weight excluding hydrogens is 432 g/mol. The third-order valence-corrected chi connectivity index (χ3v) is 8.48. The first-order valence-electron chi connectivity index (χ1n) is 13.4. The van der Waals surface area contributed by atoms with Crippen molar-refractivity contribution in [1.82, 2.24) is 10.2 Å². The van der Waals surface area contributed by atoms with E-state index >= 15 is 0 Å². The summed E-state index contributed by atoms with van der Waals surface area (Å²) in [5, 5.41) is 14.6. The van der Waals surface area contributed by atoms with E-state index in [1.165, 1.54) is 6.92 Å². The Morgan fingerprint density at radius 1 is 1.24 bits per heavy atom. The molecule has 0 unspecified atom stereocenters. The van der Waals surface area contributed by atoms with Gasteiger partial charge in [-0.15, -0.1) is 0 Å². The van der Waals surface area contributed by atoms with Gasteiger partial charge in [0.05, 0.1) is 5.60 Å². The van der Waals surface area contributed by atoms with Crippen molar-refractivity contribution < 1.29 is 24.2 Å². The Morgan fingerprint density at radius 3 is 2.59 bits per heavy atom. The van der Waals surface area contributed by atoms with E-state index in [0.29, 0.717) is 24.8 Å². The number of nitrogens with one attached hydrogen (secondary N) is 1. The predicted molar refractivity (Wildman–Crippen MR) is 132 cm³/mol. The number of esters is 1. The number of ether oxygens (including phenoxy) is 2. The molecule has 0 spiro atoms. The van der Waals surface area contributed by atoms with Crippen LogP contribution in [0.4, 0.5) is 4.79 Å². The van der Waals surface area contributed by atoms with E-state index in [-0.39, 0.29) is 36.1 Å². The van der Waals surface area contributed by atoms with Gasteiger partial charge in [-0.25, -0.2) is 4.79 Å². The summed E-state index contributed by atoms with van der Waals surface area (Å²) < 4.78 is 11.1. The number of hydrogen-bond donors (Lipinski definition) is 2. The van der Waals surface area contributed by atoms with Crippen LogP contribution in [-0.2, 0) is 14.3 Å². The molecule has 0 aromatic heterocycles. The van der Waals surface area contributed by atoms with Gasteiger partial charge >= 0.3 is 12.1 Å². The number of hydrogen-bond acceptors (Lipinski definition) is 6. The average molecular weight is 479 g/mol. The van der Waals surface area contributed by atoms with Crippen LogP contribution in [0.1, 0.15) is 79.6 Å². The minimum atomic E-state index is -0.831. The number of amides is 1. The van der Waals surface area contributed by atoms with Crippen LogP contribution in [0.2, 0.25) is 0 Å². The Kier molecular flexibility index (Phi) is 9.44. The highest BCUT2D eigenvalue weighted by Gasteiger charge is 2.52. The summed E-state index contributed by atoms with van der Waals surface area (Å²) in [6.07, 6.45) is 7.93. The van der Waals surface area contributed by atoms with Gasteiger partial charge in [0.15, 0.2) is 0 Å². The van der Waals surface area contributed by atoms with Gasteiger partial charge in [0.1, 0.15) is 12.2 Å². The molecule has 2 aliphatic carbocycles. The quantitative estimate of drug-likeness (QED) is 0.307. The fraction of sp³-hybridized carbons (Fsp3) is 0.852. The number of alkyl carbamates (subject to hydrolysis) is 1. The highest BCUT2D eigenvalue weighted by atomic mass is 16.6. The van der Waals surface area contributed by atoms with Gasteiger partial charge in [0, 0.05) is 45.4 Å². The number of aliphatic hydroxyl groups is 1. The molecule has 1 aliphatic heterocycles. The third kappa shape index (κ3) is 6.54. The first kappa shape index (κ1) is 27.0. The van der Waals surface area contributed by atoms with E-state index in [4.69, 9.17) is 9.47 Å². The van der Waals surface area contributed by atoms with Gasteiger partial charge in [0.25, 0.3) is 0 Å². The lowest BCUT2D eigenvalue weighted by molar-refractivity contribution is -0.159. The van der Waals surface area contributed by atoms with Crippen molar-refractivity contribution in [3.8, 4) is 0 Å². The topological polar surface area (TPSA) is 88.1 Å². The minimum Gasteiger partial charge on any atom is -0.458 e. The van der Waals surface area contributed by atoms with Crippen molar-refractivity contribution in [2.24, 2.45) is 23.7 Å². The monoisotopic (exact) mass is 478 g/mol. The lowest BCUT2D eigenvalue weighted by Crippen LogP contribution is -2.56. The van der Waals surface area contributed by atoms with Crippen molar-refractivity contribution in [2.45, 2.75) is 97.4 Å². The second kappa shape index (κ2) is 11.9. The Morgan fingerprint density at radius 2 is 1.94 bits per heavy atom. The van der Waals surface area contributed by atoms with Crippen molar-refractivity contribution in [3.63, 3.8) is 0 Å². The number of fused-ring (bicyclic) bond motifs is 1. The van der Waals surface area contributed by atoms with Gasteiger partial charge < -0.3 is 24.8 Å². The van der Waals surface area contributed by atoms with Crippen LogP contribution in [0.3, 0.4) is 0 Å². The van der Waals surface area contributed by atoms with E-state index < -0.39 is 5.60 Å². The number of rotatable bonds is 8. The lowest BCUT2D eigenvalue weighted by Gasteiger charge is -2.53. The Balaban J connectivity index is 1.55. The van der Waals surface area contributed by atoms with Crippen LogP contribution < -0.4 is 5.32 Å². The van der Waals surface area contributed by atoms with Crippen LogP contribution in [0.5, 0.6) is 0 Å². The third-order valence-electron chi connectivity index (χ3n) is 8.48. The maximum absolute atomic E-state index is 11.9. The van der Waals surface area contributed by atoms with E-state index in [0.717, 1.165) is 63.7 Å². The van der Waals surface area contributed by atoms with E-state index in [1.54, 1.807) is 0 Å². The zero-order valence-electron chi connectivity index (χ0n) is 21.8. The van der Waals surface area contributed by atoms with Crippen LogP contribution in [-0.4, -0.2) is 66.1 Å². The highest BCUT2D eigenvalue weighted by molar-refractivity contribution is 5.67. The molecule has 2 N–H and O–H groups in total. The summed E-state index contributed by atoms with van der Waals surface area (Å²) >= 11 is 0. The maximum Gasteiger partial charge on any atom is 0.407 e. The summed E-state index contributed by atoms with van der Waals surface area (Å²) in [4.78, 5) is 26.0. The first-order valence-corrected chi connectivity index (χ1v) is 13.4. The molecule has 0 aromatic rings. The zero-order valence-corrected chi connectivity index (χ0v) is 21.8. The molecular formula is C27H46N2O5. The summed E-state index contributed by atoms with van der Waals surface area (Å²) in [7, 11) is 0. The summed E-state index contributed by atoms with van der Waals surface area (Å²) in [5.74, 6) is 0.811. The molecule has 1 saturated heterocycles. The molecule has 0 aromatic carbocycles. The number of nitrogens with zero attached hydrogens (tertiary/aromatic N) is 1. The molecule has 1 heterocycles. The fourth-order valence-corrected chi connectivity index (χ4v) is 6.31. The second-order valence-electron chi connectivity index (χ2n) is 11.0. The van der Waals surface area contributed by atoms with Crippen molar-refractivity contribution in [1.29, 1.82) is 0 Å². The Labute approximate surface area is 205 Å². The number of likely N-dealkylation sites (tertiary alicyclic amines) is 1. The largest absolute Gasteiger partial charge is 0.458 e. The molecule has 0 bridgehead atoms. The molecule has 7 heteroatoms. The molecule has 1 saturated carbocycles. The molecule has 194 valence electrons. The molecule has 7 nitrogen and oxygen atoms in total. The zero-order chi connectivity index (χ0) is 24.9. The molecule has 6 atom stereocenters. The van der Waals surface area contributed by atoms with Crippen molar-refractivity contribution in [2.75, 3.05) is 26.2 Å². The van der Waals surface area contributed by atoms with Crippen LogP contribution in [0.15, 0.2) is 11.6 Å². The van der Waals surface area contributed by atoms with E-state index in [9.17, 15) is 14.7 Å². The molecule has 34 heavy (non-hydrogen) atoms.